The zero-order valence-electron chi connectivity index (χ0n) is 18.7. The maximum Gasteiger partial charge on any atom is 0.0207 e. The molecule has 0 radical (unpaired) electrons. The molecule has 6 rings (SSSR count). The number of hydrogen-bond donors (Lipinski definition) is 0. The van der Waals surface area contributed by atoms with Crippen molar-refractivity contribution >= 4 is 0 Å². The Bertz CT molecular complexity index is 1170. The quantitative estimate of drug-likeness (QED) is 0.406. The van der Waals surface area contributed by atoms with E-state index >= 15 is 0 Å². The Morgan fingerprint density at radius 2 is 1.32 bits per heavy atom. The van der Waals surface area contributed by atoms with Crippen molar-refractivity contribution in [3.05, 3.63) is 119 Å². The third kappa shape index (κ3) is 2.61. The molecular formula is C31H30. The van der Waals surface area contributed by atoms with Crippen LogP contribution in [0.5, 0.6) is 0 Å². The highest BCUT2D eigenvalue weighted by molar-refractivity contribution is 5.80. The molecule has 0 spiro atoms. The van der Waals surface area contributed by atoms with Crippen molar-refractivity contribution in [3.8, 4) is 11.1 Å². The average molecular weight is 403 g/mol. The van der Waals surface area contributed by atoms with Gasteiger partial charge in [0.2, 0.25) is 0 Å². The molecule has 3 aromatic rings. The van der Waals surface area contributed by atoms with Gasteiger partial charge in [-0.05, 0) is 51.6 Å². The minimum atomic E-state index is 0.0583. The first-order chi connectivity index (χ1) is 15.0. The molecule has 154 valence electrons. The molecule has 2 unspecified atom stereocenters. The van der Waals surface area contributed by atoms with E-state index in [0.717, 1.165) is 0 Å². The summed E-state index contributed by atoms with van der Waals surface area (Å²) in [6.45, 7) is 7.05. The van der Waals surface area contributed by atoms with E-state index < -0.39 is 0 Å². The number of allylic oxidation sites excluding steroid dienone is 4. The van der Waals surface area contributed by atoms with Crippen LogP contribution in [0.4, 0.5) is 0 Å². The second-order valence-electron chi connectivity index (χ2n) is 10.6. The Morgan fingerprint density at radius 1 is 0.742 bits per heavy atom. The molecular weight excluding hydrogens is 372 g/mol. The molecule has 1 fully saturated rings. The lowest BCUT2D eigenvalue weighted by molar-refractivity contribution is 0.342. The van der Waals surface area contributed by atoms with E-state index in [-0.39, 0.29) is 10.8 Å². The van der Waals surface area contributed by atoms with Gasteiger partial charge in [0.15, 0.2) is 0 Å². The van der Waals surface area contributed by atoms with E-state index in [4.69, 9.17) is 0 Å². The number of fused-ring (bicyclic) bond motifs is 4. The highest BCUT2D eigenvalue weighted by atomic mass is 14.6. The molecule has 31 heavy (non-hydrogen) atoms. The molecule has 0 N–H and O–H groups in total. The summed E-state index contributed by atoms with van der Waals surface area (Å²) in [5, 5.41) is 0. The molecule has 0 bridgehead atoms. The van der Waals surface area contributed by atoms with E-state index in [1.807, 2.05) is 0 Å². The fourth-order valence-electron chi connectivity index (χ4n) is 6.58. The third-order valence-electron chi connectivity index (χ3n) is 8.00. The van der Waals surface area contributed by atoms with E-state index in [2.05, 4.69) is 112 Å². The first kappa shape index (κ1) is 18.9. The topological polar surface area (TPSA) is 0 Å². The van der Waals surface area contributed by atoms with Gasteiger partial charge >= 0.3 is 0 Å². The van der Waals surface area contributed by atoms with Crippen LogP contribution in [0.3, 0.4) is 0 Å². The predicted octanol–water partition coefficient (Wildman–Crippen LogP) is 8.06. The van der Waals surface area contributed by atoms with Crippen molar-refractivity contribution in [3.63, 3.8) is 0 Å². The van der Waals surface area contributed by atoms with Crippen molar-refractivity contribution in [2.45, 2.75) is 44.9 Å². The summed E-state index contributed by atoms with van der Waals surface area (Å²) in [6, 6.07) is 29.7. The molecule has 2 atom stereocenters. The van der Waals surface area contributed by atoms with Crippen LogP contribution in [0.2, 0.25) is 0 Å². The van der Waals surface area contributed by atoms with Crippen LogP contribution in [0, 0.1) is 11.3 Å². The molecule has 0 nitrogen and oxygen atoms in total. The summed E-state index contributed by atoms with van der Waals surface area (Å²) in [5.74, 6) is 0.849. The molecule has 1 saturated carbocycles. The maximum atomic E-state index is 2.62. The Kier molecular flexibility index (Phi) is 4.00. The molecule has 0 aromatic heterocycles. The van der Waals surface area contributed by atoms with E-state index in [9.17, 15) is 0 Å². The SMILES string of the molecule is CC(C)(C)C1=CC2C(=C1)CCC2(c1ccccc1)C1c2ccccc2-c2ccccc21. The van der Waals surface area contributed by atoms with Crippen molar-refractivity contribution in [2.24, 2.45) is 11.3 Å². The molecule has 0 saturated heterocycles. The van der Waals surface area contributed by atoms with Crippen LogP contribution in [0.25, 0.3) is 11.1 Å². The van der Waals surface area contributed by atoms with Crippen LogP contribution in [-0.4, -0.2) is 0 Å². The highest BCUT2D eigenvalue weighted by Crippen LogP contribution is 2.64. The van der Waals surface area contributed by atoms with Gasteiger partial charge in [-0.25, -0.2) is 0 Å². The van der Waals surface area contributed by atoms with E-state index in [0.29, 0.717) is 11.8 Å². The monoisotopic (exact) mass is 402 g/mol. The summed E-state index contributed by atoms with van der Waals surface area (Å²) in [5.41, 5.74) is 10.7. The summed E-state index contributed by atoms with van der Waals surface area (Å²) in [6.07, 6.45) is 7.55. The Hall–Kier alpha value is -2.86. The fraction of sp³-hybridized carbons (Fsp3) is 0.290. The molecule has 3 aliphatic rings. The molecule has 3 aromatic carbocycles. The standard InChI is InChI=1S/C31H30/c1-30(2,3)23-19-21-17-18-31(28(21)20-23,22-11-5-4-6-12-22)29-26-15-9-7-13-24(26)25-14-8-10-16-27(25)29/h4-16,19-20,28-29H,17-18H2,1-3H3. The maximum absolute atomic E-state index is 2.62. The Morgan fingerprint density at radius 3 is 1.94 bits per heavy atom. The normalized spacial score (nSPS) is 24.4. The van der Waals surface area contributed by atoms with Gasteiger partial charge in [0, 0.05) is 17.3 Å². The van der Waals surface area contributed by atoms with Crippen molar-refractivity contribution < 1.29 is 0 Å². The van der Waals surface area contributed by atoms with Gasteiger partial charge in [0.25, 0.3) is 0 Å². The third-order valence-corrected chi connectivity index (χ3v) is 8.00. The number of benzene rings is 3. The van der Waals surface area contributed by atoms with Crippen LogP contribution in [0.1, 0.15) is 56.2 Å². The van der Waals surface area contributed by atoms with E-state index in [1.54, 1.807) is 5.57 Å². The first-order valence-corrected chi connectivity index (χ1v) is 11.7. The van der Waals surface area contributed by atoms with Gasteiger partial charge in [-0.2, -0.15) is 0 Å². The van der Waals surface area contributed by atoms with Crippen LogP contribution < -0.4 is 0 Å². The van der Waals surface area contributed by atoms with Crippen LogP contribution in [0.15, 0.2) is 102 Å². The molecule has 3 aliphatic carbocycles. The summed E-state index contributed by atoms with van der Waals surface area (Å²) in [4.78, 5) is 0. The number of rotatable bonds is 2. The van der Waals surface area contributed by atoms with Gasteiger partial charge in [-0.1, -0.05) is 117 Å². The van der Waals surface area contributed by atoms with E-state index in [1.165, 1.54) is 46.2 Å². The van der Waals surface area contributed by atoms with Gasteiger partial charge in [0.1, 0.15) is 0 Å². The zero-order chi connectivity index (χ0) is 21.2. The lowest BCUT2D eigenvalue weighted by Gasteiger charge is -2.41. The largest absolute Gasteiger partial charge is 0.0727 e. The Labute approximate surface area is 186 Å². The molecule has 0 heteroatoms. The molecule has 0 amide bonds. The second kappa shape index (κ2) is 6.57. The predicted molar refractivity (Wildman–Crippen MR) is 130 cm³/mol. The molecule has 0 heterocycles. The first-order valence-electron chi connectivity index (χ1n) is 11.7. The van der Waals surface area contributed by atoms with Gasteiger partial charge in [-0.3, -0.25) is 0 Å². The lowest BCUT2D eigenvalue weighted by Crippen LogP contribution is -2.37. The van der Waals surface area contributed by atoms with Crippen molar-refractivity contribution in [1.29, 1.82) is 0 Å². The van der Waals surface area contributed by atoms with Crippen molar-refractivity contribution in [2.75, 3.05) is 0 Å². The second-order valence-corrected chi connectivity index (χ2v) is 10.6. The van der Waals surface area contributed by atoms with Gasteiger partial charge < -0.3 is 0 Å². The fourth-order valence-corrected chi connectivity index (χ4v) is 6.58. The Balaban J connectivity index is 1.64. The minimum absolute atomic E-state index is 0.0583. The van der Waals surface area contributed by atoms with Gasteiger partial charge in [0.05, 0.1) is 0 Å². The summed E-state index contributed by atoms with van der Waals surface area (Å²) in [7, 11) is 0. The summed E-state index contributed by atoms with van der Waals surface area (Å²) >= 11 is 0. The summed E-state index contributed by atoms with van der Waals surface area (Å²) < 4.78 is 0. The highest BCUT2D eigenvalue weighted by Gasteiger charge is 2.55. The average Bonchev–Trinajstić information content (AvgIpc) is 3.45. The smallest absolute Gasteiger partial charge is 0.0207 e. The van der Waals surface area contributed by atoms with Crippen LogP contribution >= 0.6 is 0 Å². The zero-order valence-corrected chi connectivity index (χ0v) is 18.7. The molecule has 0 aliphatic heterocycles. The van der Waals surface area contributed by atoms with Crippen molar-refractivity contribution in [1.82, 2.24) is 0 Å². The minimum Gasteiger partial charge on any atom is -0.0727 e. The number of hydrogen-bond acceptors (Lipinski definition) is 0. The lowest BCUT2D eigenvalue weighted by atomic mass is 9.60. The van der Waals surface area contributed by atoms with Gasteiger partial charge in [-0.15, -0.1) is 0 Å². The van der Waals surface area contributed by atoms with Crippen LogP contribution in [-0.2, 0) is 5.41 Å².